The van der Waals surface area contributed by atoms with Crippen LogP contribution in [0.2, 0.25) is 5.02 Å². The van der Waals surface area contributed by atoms with Gasteiger partial charge >= 0.3 is 0 Å². The highest BCUT2D eigenvalue weighted by atomic mass is 35.5. The number of benzene rings is 2. The lowest BCUT2D eigenvalue weighted by molar-refractivity contribution is -0.115. The number of aryl methyl sites for hydroxylation is 1. The van der Waals surface area contributed by atoms with Crippen LogP contribution >= 0.6 is 23.4 Å². The SMILES string of the molecule is COc1ccc(NC(=O)C(C)Sc2ccc(=O)n(-c3ccc(C)c(Cl)c3)n2)cc1. The van der Waals surface area contributed by atoms with E-state index in [1.807, 2.05) is 13.0 Å². The standard InChI is InChI=1S/C21H20ClN3O3S/c1-13-4-7-16(12-18(13)22)25-20(26)11-10-19(24-25)29-14(2)21(27)23-15-5-8-17(28-3)9-6-15/h4-12,14H,1-3H3,(H,23,27). The van der Waals surface area contributed by atoms with Crippen molar-refractivity contribution in [2.24, 2.45) is 0 Å². The Labute approximate surface area is 177 Å². The first-order valence-electron chi connectivity index (χ1n) is 8.86. The number of aromatic nitrogens is 2. The van der Waals surface area contributed by atoms with Crippen LogP contribution in [-0.4, -0.2) is 28.0 Å². The second-order valence-corrected chi connectivity index (χ2v) is 8.10. The van der Waals surface area contributed by atoms with Crippen molar-refractivity contribution >= 4 is 35.0 Å². The second-order valence-electron chi connectivity index (χ2n) is 6.33. The Morgan fingerprint density at radius 1 is 1.17 bits per heavy atom. The van der Waals surface area contributed by atoms with Crippen molar-refractivity contribution in [3.05, 3.63) is 75.5 Å². The number of hydrogen-bond acceptors (Lipinski definition) is 5. The van der Waals surface area contributed by atoms with E-state index >= 15 is 0 Å². The first-order chi connectivity index (χ1) is 13.9. The smallest absolute Gasteiger partial charge is 0.271 e. The molecule has 0 aliphatic rings. The van der Waals surface area contributed by atoms with Gasteiger partial charge in [-0.3, -0.25) is 9.59 Å². The van der Waals surface area contributed by atoms with E-state index in [2.05, 4.69) is 10.4 Å². The fraction of sp³-hybridized carbons (Fsp3) is 0.190. The van der Waals surface area contributed by atoms with Crippen molar-refractivity contribution in [1.82, 2.24) is 9.78 Å². The minimum absolute atomic E-state index is 0.168. The van der Waals surface area contributed by atoms with Gasteiger partial charge in [0.25, 0.3) is 5.56 Å². The Bertz CT molecular complexity index is 1080. The molecule has 3 aromatic rings. The number of methoxy groups -OCH3 is 1. The minimum Gasteiger partial charge on any atom is -0.497 e. The summed E-state index contributed by atoms with van der Waals surface area (Å²) in [4.78, 5) is 24.7. The van der Waals surface area contributed by atoms with Gasteiger partial charge in [0.05, 0.1) is 18.0 Å². The summed E-state index contributed by atoms with van der Waals surface area (Å²) in [6.45, 7) is 3.67. The second kappa shape index (κ2) is 9.15. The van der Waals surface area contributed by atoms with Crippen LogP contribution in [0.15, 0.2) is 64.4 Å². The molecule has 2 aromatic carbocycles. The molecule has 0 radical (unpaired) electrons. The highest BCUT2D eigenvalue weighted by Crippen LogP contribution is 2.23. The van der Waals surface area contributed by atoms with E-state index in [9.17, 15) is 9.59 Å². The molecule has 8 heteroatoms. The molecule has 0 bridgehead atoms. The van der Waals surface area contributed by atoms with E-state index in [-0.39, 0.29) is 11.5 Å². The number of hydrogen-bond donors (Lipinski definition) is 1. The molecule has 1 unspecified atom stereocenters. The first kappa shape index (κ1) is 21.0. The number of rotatable bonds is 6. The number of carbonyl (C=O) groups excluding carboxylic acids is 1. The third-order valence-corrected chi connectivity index (χ3v) is 5.63. The van der Waals surface area contributed by atoms with E-state index < -0.39 is 5.25 Å². The number of thioether (sulfide) groups is 1. The molecule has 1 heterocycles. The summed E-state index contributed by atoms with van der Waals surface area (Å²) in [5, 5.41) is 7.92. The predicted molar refractivity (Wildman–Crippen MR) is 117 cm³/mol. The van der Waals surface area contributed by atoms with Gasteiger partial charge in [-0.05, 0) is 61.9 Å². The maximum atomic E-state index is 12.5. The number of anilines is 1. The number of ether oxygens (including phenoxy) is 1. The Morgan fingerprint density at radius 3 is 2.55 bits per heavy atom. The first-order valence-corrected chi connectivity index (χ1v) is 10.1. The summed E-state index contributed by atoms with van der Waals surface area (Å²) >= 11 is 7.43. The fourth-order valence-corrected chi connectivity index (χ4v) is 3.49. The van der Waals surface area contributed by atoms with Gasteiger partial charge in [-0.15, -0.1) is 0 Å². The van der Waals surface area contributed by atoms with Crippen LogP contribution in [0.4, 0.5) is 5.69 Å². The third-order valence-electron chi connectivity index (χ3n) is 4.20. The average molecular weight is 430 g/mol. The van der Waals surface area contributed by atoms with E-state index in [0.717, 1.165) is 5.56 Å². The zero-order chi connectivity index (χ0) is 21.0. The highest BCUT2D eigenvalue weighted by molar-refractivity contribution is 8.00. The summed E-state index contributed by atoms with van der Waals surface area (Å²) in [7, 11) is 1.59. The molecule has 0 spiro atoms. The summed E-state index contributed by atoms with van der Waals surface area (Å²) in [5.41, 5.74) is 1.89. The molecular weight excluding hydrogens is 410 g/mol. The van der Waals surface area contributed by atoms with E-state index in [0.29, 0.717) is 27.2 Å². The van der Waals surface area contributed by atoms with Crippen molar-refractivity contribution in [2.45, 2.75) is 24.1 Å². The monoisotopic (exact) mass is 429 g/mol. The maximum absolute atomic E-state index is 12.5. The van der Waals surface area contributed by atoms with Crippen LogP contribution < -0.4 is 15.6 Å². The zero-order valence-corrected chi connectivity index (χ0v) is 17.8. The summed E-state index contributed by atoms with van der Waals surface area (Å²) in [5.74, 6) is 0.547. The number of halogens is 1. The van der Waals surface area contributed by atoms with Crippen LogP contribution in [0.5, 0.6) is 5.75 Å². The Hall–Kier alpha value is -2.77. The number of carbonyl (C=O) groups is 1. The molecule has 0 fully saturated rings. The van der Waals surface area contributed by atoms with Crippen LogP contribution in [-0.2, 0) is 4.79 Å². The highest BCUT2D eigenvalue weighted by Gasteiger charge is 2.16. The van der Waals surface area contributed by atoms with Gasteiger partial charge in [-0.1, -0.05) is 29.4 Å². The third kappa shape index (κ3) is 5.19. The largest absolute Gasteiger partial charge is 0.497 e. The van der Waals surface area contributed by atoms with Crippen molar-refractivity contribution in [1.29, 1.82) is 0 Å². The number of nitrogens with one attached hydrogen (secondary N) is 1. The lowest BCUT2D eigenvalue weighted by atomic mass is 10.2. The Kier molecular flexibility index (Phi) is 6.61. The fourth-order valence-electron chi connectivity index (χ4n) is 2.51. The van der Waals surface area contributed by atoms with Crippen molar-refractivity contribution in [3.63, 3.8) is 0 Å². The number of amides is 1. The van der Waals surface area contributed by atoms with Crippen LogP contribution in [0.1, 0.15) is 12.5 Å². The maximum Gasteiger partial charge on any atom is 0.271 e. The molecule has 1 N–H and O–H groups in total. The quantitative estimate of drug-likeness (QED) is 0.590. The number of nitrogens with zero attached hydrogens (tertiary/aromatic N) is 2. The molecule has 1 amide bonds. The van der Waals surface area contributed by atoms with Gasteiger partial charge in [0.1, 0.15) is 10.8 Å². The van der Waals surface area contributed by atoms with Gasteiger partial charge in [-0.2, -0.15) is 9.78 Å². The van der Waals surface area contributed by atoms with Gasteiger partial charge in [0.2, 0.25) is 5.91 Å². The average Bonchev–Trinajstić information content (AvgIpc) is 2.72. The van der Waals surface area contributed by atoms with Crippen molar-refractivity contribution < 1.29 is 9.53 Å². The zero-order valence-electron chi connectivity index (χ0n) is 16.2. The molecule has 1 atom stereocenters. The van der Waals surface area contributed by atoms with E-state index in [4.69, 9.17) is 16.3 Å². The summed E-state index contributed by atoms with van der Waals surface area (Å²) < 4.78 is 6.39. The van der Waals surface area contributed by atoms with Gasteiger partial charge < -0.3 is 10.1 Å². The lowest BCUT2D eigenvalue weighted by Gasteiger charge is -2.13. The molecule has 6 nitrogen and oxygen atoms in total. The molecule has 150 valence electrons. The van der Waals surface area contributed by atoms with Crippen LogP contribution in [0.3, 0.4) is 0 Å². The summed E-state index contributed by atoms with van der Waals surface area (Å²) in [6, 6.07) is 15.4. The molecule has 0 saturated heterocycles. The predicted octanol–water partition coefficient (Wildman–Crippen LogP) is 4.32. The minimum atomic E-state index is -0.419. The van der Waals surface area contributed by atoms with Crippen molar-refractivity contribution in [3.8, 4) is 11.4 Å². The Balaban J connectivity index is 1.74. The normalized spacial score (nSPS) is 11.7. The lowest BCUT2D eigenvalue weighted by Crippen LogP contribution is -2.24. The van der Waals surface area contributed by atoms with E-state index in [1.54, 1.807) is 56.5 Å². The van der Waals surface area contributed by atoms with Gasteiger partial charge in [0.15, 0.2) is 0 Å². The molecule has 0 aliphatic carbocycles. The molecule has 1 aromatic heterocycles. The molecule has 0 aliphatic heterocycles. The van der Waals surface area contributed by atoms with E-state index in [1.165, 1.54) is 22.5 Å². The molecule has 0 saturated carbocycles. The van der Waals surface area contributed by atoms with Crippen LogP contribution in [0, 0.1) is 6.92 Å². The topological polar surface area (TPSA) is 73.2 Å². The Morgan fingerprint density at radius 2 is 1.90 bits per heavy atom. The van der Waals surface area contributed by atoms with Gasteiger partial charge in [0, 0.05) is 16.8 Å². The molecule has 29 heavy (non-hydrogen) atoms. The van der Waals surface area contributed by atoms with Crippen molar-refractivity contribution in [2.75, 3.05) is 12.4 Å². The molecular formula is C21H20ClN3O3S. The van der Waals surface area contributed by atoms with Gasteiger partial charge in [-0.25, -0.2) is 0 Å². The van der Waals surface area contributed by atoms with Crippen LogP contribution in [0.25, 0.3) is 5.69 Å². The summed E-state index contributed by atoms with van der Waals surface area (Å²) in [6.07, 6.45) is 0. The molecule has 3 rings (SSSR count).